The number of pyridine rings is 2. The van der Waals surface area contributed by atoms with E-state index in [1.807, 2.05) is 35.0 Å². The molecule has 4 aromatic rings. The van der Waals surface area contributed by atoms with Gasteiger partial charge in [-0.2, -0.15) is 0 Å². The number of ether oxygens (including phenoxy) is 1. The second kappa shape index (κ2) is 5.80. The van der Waals surface area contributed by atoms with Crippen molar-refractivity contribution < 1.29 is 13.9 Å². The summed E-state index contributed by atoms with van der Waals surface area (Å²) < 4.78 is 20.5. The number of hydrogen-bond donors (Lipinski definition) is 2. The molecule has 27 heavy (non-hydrogen) atoms. The first-order chi connectivity index (χ1) is 13.2. The van der Waals surface area contributed by atoms with Gasteiger partial charge in [0.1, 0.15) is 23.3 Å². The summed E-state index contributed by atoms with van der Waals surface area (Å²) >= 11 is 0. The summed E-state index contributed by atoms with van der Waals surface area (Å²) in [5.74, 6) is 0.198. The van der Waals surface area contributed by atoms with Crippen molar-refractivity contribution in [3.63, 3.8) is 0 Å². The number of aromatic nitrogens is 4. The third kappa shape index (κ3) is 2.52. The number of carbonyl (C=O) groups is 1. The average molecular weight is 365 g/mol. The summed E-state index contributed by atoms with van der Waals surface area (Å²) in [4.78, 5) is 23.7. The topological polar surface area (TPSA) is 84.3 Å². The normalized spacial score (nSPS) is 18.7. The predicted octanol–water partition coefficient (Wildman–Crippen LogP) is 3.18. The van der Waals surface area contributed by atoms with Crippen LogP contribution in [0.25, 0.3) is 27.8 Å². The lowest BCUT2D eigenvalue weighted by Gasteiger charge is -2.10. The van der Waals surface area contributed by atoms with Crippen LogP contribution in [0.5, 0.6) is 5.88 Å². The van der Waals surface area contributed by atoms with Gasteiger partial charge in [0.25, 0.3) is 0 Å². The molecule has 2 atom stereocenters. The number of anilines is 1. The lowest BCUT2D eigenvalue weighted by molar-refractivity contribution is -0.117. The lowest BCUT2D eigenvalue weighted by atomic mass is 10.1. The summed E-state index contributed by atoms with van der Waals surface area (Å²) in [5, 5.41) is 3.56. The van der Waals surface area contributed by atoms with Gasteiger partial charge in [-0.1, -0.05) is 0 Å². The van der Waals surface area contributed by atoms with Gasteiger partial charge in [-0.15, -0.1) is 0 Å². The van der Waals surface area contributed by atoms with E-state index in [9.17, 15) is 9.18 Å². The van der Waals surface area contributed by atoms with E-state index in [-0.39, 0.29) is 12.3 Å². The van der Waals surface area contributed by atoms with Crippen LogP contribution >= 0.6 is 0 Å². The molecule has 4 aromatic heterocycles. The summed E-state index contributed by atoms with van der Waals surface area (Å²) in [6.07, 6.45) is 4.67. The summed E-state index contributed by atoms with van der Waals surface area (Å²) in [6.45, 7) is 0. The van der Waals surface area contributed by atoms with E-state index in [1.165, 1.54) is 0 Å². The van der Waals surface area contributed by atoms with E-state index in [2.05, 4.69) is 20.3 Å². The zero-order chi connectivity index (χ0) is 18.5. The fourth-order valence-electron chi connectivity index (χ4n) is 3.33. The van der Waals surface area contributed by atoms with Crippen molar-refractivity contribution in [3.8, 4) is 17.0 Å². The standard InChI is InChI=1S/C19H16FN5O2/c1-27-19-11(3-5-16-21-6-7-25(16)19)13-9-22-17-10(13)2-4-15(23-17)24-18(26)12-8-14(12)20/h2-7,9,12,14H,8H2,1H3,(H2,22,23,24,26). The maximum Gasteiger partial charge on any atom is 0.231 e. The van der Waals surface area contributed by atoms with Crippen molar-refractivity contribution in [1.29, 1.82) is 0 Å². The Morgan fingerprint density at radius 2 is 2.19 bits per heavy atom. The SMILES string of the molecule is COc1c(-c2c[nH]c3nc(NC(=O)C4CC4F)ccc23)ccc2nccn12. The number of rotatable bonds is 4. The number of alkyl halides is 1. The molecule has 1 saturated carbocycles. The van der Waals surface area contributed by atoms with Gasteiger partial charge in [0.2, 0.25) is 11.8 Å². The van der Waals surface area contributed by atoms with Crippen LogP contribution in [-0.4, -0.2) is 38.5 Å². The number of carbonyl (C=O) groups excluding carboxylic acids is 1. The number of halogens is 1. The number of H-pyrrole nitrogens is 1. The molecule has 0 saturated heterocycles. The van der Waals surface area contributed by atoms with Crippen molar-refractivity contribution >= 4 is 28.4 Å². The molecule has 2 unspecified atom stereocenters. The minimum atomic E-state index is -1.03. The number of fused-ring (bicyclic) bond motifs is 2. The van der Waals surface area contributed by atoms with Crippen molar-refractivity contribution in [3.05, 3.63) is 42.9 Å². The van der Waals surface area contributed by atoms with Gasteiger partial charge in [-0.25, -0.2) is 14.4 Å². The highest BCUT2D eigenvalue weighted by atomic mass is 19.1. The Morgan fingerprint density at radius 3 is 2.96 bits per heavy atom. The molecule has 0 aromatic carbocycles. The van der Waals surface area contributed by atoms with Crippen LogP contribution in [0.1, 0.15) is 6.42 Å². The Morgan fingerprint density at radius 1 is 1.33 bits per heavy atom. The van der Waals surface area contributed by atoms with Crippen molar-refractivity contribution in [2.75, 3.05) is 12.4 Å². The van der Waals surface area contributed by atoms with Gasteiger partial charge in [0, 0.05) is 35.1 Å². The molecule has 0 aliphatic heterocycles. The Bertz CT molecular complexity index is 1180. The largest absolute Gasteiger partial charge is 0.481 e. The first-order valence-electron chi connectivity index (χ1n) is 8.59. The number of methoxy groups -OCH3 is 1. The third-order valence-corrected chi connectivity index (χ3v) is 4.84. The maximum atomic E-state index is 13.0. The molecular weight excluding hydrogens is 349 g/mol. The minimum absolute atomic E-state index is 0.289. The quantitative estimate of drug-likeness (QED) is 0.582. The molecule has 1 amide bonds. The Kier molecular flexibility index (Phi) is 3.40. The Balaban J connectivity index is 1.54. The van der Waals surface area contributed by atoms with Crippen LogP contribution in [0.4, 0.5) is 10.2 Å². The van der Waals surface area contributed by atoms with Crippen LogP contribution in [0.3, 0.4) is 0 Å². The van der Waals surface area contributed by atoms with Crippen molar-refractivity contribution in [2.24, 2.45) is 5.92 Å². The van der Waals surface area contributed by atoms with E-state index in [1.54, 1.807) is 19.4 Å². The van der Waals surface area contributed by atoms with Gasteiger partial charge < -0.3 is 15.0 Å². The fraction of sp³-hybridized carbons (Fsp3) is 0.211. The maximum absolute atomic E-state index is 13.0. The Hall–Kier alpha value is -3.42. The lowest BCUT2D eigenvalue weighted by Crippen LogP contribution is -2.15. The van der Waals surface area contributed by atoms with Crippen LogP contribution in [0.15, 0.2) is 42.9 Å². The van der Waals surface area contributed by atoms with Gasteiger partial charge in [-0.05, 0) is 30.7 Å². The van der Waals surface area contributed by atoms with Crippen LogP contribution < -0.4 is 10.1 Å². The molecule has 2 N–H and O–H groups in total. The van der Waals surface area contributed by atoms with Crippen molar-refractivity contribution in [1.82, 2.24) is 19.4 Å². The molecule has 1 aliphatic rings. The van der Waals surface area contributed by atoms with Crippen molar-refractivity contribution in [2.45, 2.75) is 12.6 Å². The summed E-state index contributed by atoms with van der Waals surface area (Å²) in [5.41, 5.74) is 3.24. The molecule has 1 fully saturated rings. The van der Waals surface area contributed by atoms with Crippen LogP contribution in [0, 0.1) is 5.92 Å². The number of imidazole rings is 1. The molecule has 0 spiro atoms. The highest BCUT2D eigenvalue weighted by molar-refractivity contribution is 5.98. The number of nitrogens with zero attached hydrogens (tertiary/aromatic N) is 3. The monoisotopic (exact) mass is 365 g/mol. The van der Waals surface area contributed by atoms with E-state index < -0.39 is 12.1 Å². The molecule has 0 radical (unpaired) electrons. The smallest absolute Gasteiger partial charge is 0.231 e. The molecule has 136 valence electrons. The number of amides is 1. The van der Waals surface area contributed by atoms with E-state index in [0.29, 0.717) is 17.3 Å². The molecule has 8 heteroatoms. The van der Waals surface area contributed by atoms with Crippen LogP contribution in [-0.2, 0) is 4.79 Å². The number of aromatic amines is 1. The van der Waals surface area contributed by atoms with E-state index in [0.717, 1.165) is 22.2 Å². The minimum Gasteiger partial charge on any atom is -0.481 e. The average Bonchev–Trinajstić information content (AvgIpc) is 3.07. The molecule has 4 heterocycles. The van der Waals surface area contributed by atoms with Crippen LogP contribution in [0.2, 0.25) is 0 Å². The third-order valence-electron chi connectivity index (χ3n) is 4.84. The van der Waals surface area contributed by atoms with E-state index in [4.69, 9.17) is 4.74 Å². The summed E-state index contributed by atoms with van der Waals surface area (Å²) in [6, 6.07) is 7.46. The van der Waals surface area contributed by atoms with Gasteiger partial charge >= 0.3 is 0 Å². The van der Waals surface area contributed by atoms with Gasteiger partial charge in [0.05, 0.1) is 13.0 Å². The van der Waals surface area contributed by atoms with Gasteiger partial charge in [-0.3, -0.25) is 9.20 Å². The Labute approximate surface area is 153 Å². The second-order valence-corrected chi connectivity index (χ2v) is 6.55. The molecule has 0 bridgehead atoms. The molecule has 5 rings (SSSR count). The highest BCUT2D eigenvalue weighted by Gasteiger charge is 2.43. The zero-order valence-corrected chi connectivity index (χ0v) is 14.4. The molecule has 1 aliphatic carbocycles. The van der Waals surface area contributed by atoms with Gasteiger partial charge in [0.15, 0.2) is 0 Å². The second-order valence-electron chi connectivity index (χ2n) is 6.55. The zero-order valence-electron chi connectivity index (χ0n) is 14.4. The first-order valence-corrected chi connectivity index (χ1v) is 8.59. The summed E-state index contributed by atoms with van der Waals surface area (Å²) in [7, 11) is 1.62. The highest BCUT2D eigenvalue weighted by Crippen LogP contribution is 2.36. The first kappa shape index (κ1) is 15.8. The predicted molar refractivity (Wildman–Crippen MR) is 98.5 cm³/mol. The molecule has 7 nitrogen and oxygen atoms in total. The fourth-order valence-corrected chi connectivity index (χ4v) is 3.33. The number of hydrogen-bond acceptors (Lipinski definition) is 4. The molecular formula is C19H16FN5O2. The number of nitrogens with one attached hydrogen (secondary N) is 2. The van der Waals surface area contributed by atoms with E-state index >= 15 is 0 Å².